The Morgan fingerprint density at radius 1 is 1.38 bits per heavy atom. The van der Waals surface area contributed by atoms with Gasteiger partial charge in [0.05, 0.1) is 11.3 Å². The van der Waals surface area contributed by atoms with Crippen molar-refractivity contribution in [1.29, 1.82) is 0 Å². The minimum absolute atomic E-state index is 0.0625. The Morgan fingerprint density at radius 2 is 1.85 bits per heavy atom. The van der Waals surface area contributed by atoms with Gasteiger partial charge in [-0.3, -0.25) is 4.79 Å². The van der Waals surface area contributed by atoms with Gasteiger partial charge >= 0.3 is 0 Å². The van der Waals surface area contributed by atoms with Crippen LogP contribution in [0.2, 0.25) is 0 Å². The highest BCUT2D eigenvalue weighted by atomic mass is 35.5. The first-order chi connectivity index (χ1) is 5.86. The highest BCUT2D eigenvalue weighted by molar-refractivity contribution is 6.32. The zero-order chi connectivity index (χ0) is 10.6. The summed E-state index contributed by atoms with van der Waals surface area (Å²) in [6, 6.07) is 0. The Balaban J connectivity index is 5.19. The molecule has 0 radical (unpaired) electrons. The van der Waals surface area contributed by atoms with Crippen LogP contribution < -0.4 is 11.5 Å². The molecular formula is C8H10Cl2N2O. The highest BCUT2D eigenvalue weighted by Gasteiger charge is 2.10. The van der Waals surface area contributed by atoms with Crippen molar-refractivity contribution in [3.05, 3.63) is 34.0 Å². The summed E-state index contributed by atoms with van der Waals surface area (Å²) in [7, 11) is 0. The molecule has 13 heavy (non-hydrogen) atoms. The fourth-order valence-corrected chi connectivity index (χ4v) is 0.835. The molecule has 3 nitrogen and oxygen atoms in total. The lowest BCUT2D eigenvalue weighted by atomic mass is 10.1. The fourth-order valence-electron chi connectivity index (χ4n) is 0.624. The third-order valence-corrected chi connectivity index (χ3v) is 1.54. The summed E-state index contributed by atoms with van der Waals surface area (Å²) in [4.78, 5) is 10.9. The van der Waals surface area contributed by atoms with Gasteiger partial charge in [-0.15, -0.1) is 0 Å². The minimum Gasteiger partial charge on any atom is -0.397 e. The summed E-state index contributed by atoms with van der Waals surface area (Å²) in [6.45, 7) is 4.93. The van der Waals surface area contributed by atoms with Crippen LogP contribution in [0.3, 0.4) is 0 Å². The number of halogens is 2. The smallest absolute Gasteiger partial charge is 0.250 e. The first kappa shape index (κ1) is 12.1. The van der Waals surface area contributed by atoms with E-state index in [4.69, 9.17) is 34.7 Å². The van der Waals surface area contributed by atoms with E-state index in [9.17, 15) is 4.79 Å². The molecule has 0 heterocycles. The van der Waals surface area contributed by atoms with Crippen LogP contribution >= 0.6 is 23.2 Å². The molecule has 1 amide bonds. The van der Waals surface area contributed by atoms with E-state index < -0.39 is 5.91 Å². The zero-order valence-electron chi connectivity index (χ0n) is 7.10. The van der Waals surface area contributed by atoms with Gasteiger partial charge in [-0.05, 0) is 13.0 Å². The van der Waals surface area contributed by atoms with Crippen LogP contribution in [-0.2, 0) is 4.79 Å². The van der Waals surface area contributed by atoms with Gasteiger partial charge in [-0.2, -0.15) is 0 Å². The molecule has 0 fully saturated rings. The van der Waals surface area contributed by atoms with Crippen molar-refractivity contribution < 1.29 is 4.79 Å². The van der Waals surface area contributed by atoms with Crippen LogP contribution in [0, 0.1) is 0 Å². The molecule has 0 aromatic heterocycles. The Labute approximate surface area is 86.7 Å². The van der Waals surface area contributed by atoms with Crippen molar-refractivity contribution in [3.8, 4) is 0 Å². The number of amides is 1. The average Bonchev–Trinajstić information content (AvgIpc) is 1.97. The second-order valence-electron chi connectivity index (χ2n) is 2.32. The summed E-state index contributed by atoms with van der Waals surface area (Å²) >= 11 is 11.0. The number of allylic oxidation sites excluding steroid dienone is 3. The standard InChI is InChI=1S/C8H10Cl2N2O/c1-4(9)3-6(8(12)13)7(11)5(2)10/h3H,1,11H2,2H3,(H2,12,13)/b6-3+,7-5-. The number of hydrogen-bond acceptors (Lipinski definition) is 2. The second kappa shape index (κ2) is 4.94. The van der Waals surface area contributed by atoms with E-state index in [-0.39, 0.29) is 21.3 Å². The maximum atomic E-state index is 10.9. The van der Waals surface area contributed by atoms with Gasteiger partial charge in [0, 0.05) is 10.1 Å². The van der Waals surface area contributed by atoms with E-state index in [1.165, 1.54) is 6.08 Å². The van der Waals surface area contributed by atoms with Crippen molar-refractivity contribution in [2.45, 2.75) is 6.92 Å². The van der Waals surface area contributed by atoms with Gasteiger partial charge in [0.15, 0.2) is 0 Å². The summed E-state index contributed by atoms with van der Waals surface area (Å²) in [5.41, 5.74) is 10.7. The first-order valence-corrected chi connectivity index (χ1v) is 4.10. The Kier molecular flexibility index (Phi) is 4.59. The monoisotopic (exact) mass is 220 g/mol. The van der Waals surface area contributed by atoms with Crippen molar-refractivity contribution >= 4 is 29.1 Å². The Hall–Kier alpha value is -0.930. The Morgan fingerprint density at radius 3 is 2.08 bits per heavy atom. The molecule has 0 bridgehead atoms. The molecule has 0 aliphatic carbocycles. The lowest BCUT2D eigenvalue weighted by Gasteiger charge is -2.03. The van der Waals surface area contributed by atoms with Gasteiger partial charge in [0.2, 0.25) is 0 Å². The topological polar surface area (TPSA) is 69.1 Å². The minimum atomic E-state index is -0.695. The van der Waals surface area contributed by atoms with E-state index in [1.807, 2.05) is 0 Å². The van der Waals surface area contributed by atoms with Crippen molar-refractivity contribution in [1.82, 2.24) is 0 Å². The zero-order valence-corrected chi connectivity index (χ0v) is 8.62. The molecule has 0 unspecified atom stereocenters. The van der Waals surface area contributed by atoms with E-state index in [2.05, 4.69) is 6.58 Å². The summed E-state index contributed by atoms with van der Waals surface area (Å²) in [6.07, 6.45) is 1.27. The molecule has 0 rings (SSSR count). The summed E-state index contributed by atoms with van der Waals surface area (Å²) < 4.78 is 0. The number of rotatable bonds is 3. The predicted molar refractivity (Wildman–Crippen MR) is 55.0 cm³/mol. The number of carbonyl (C=O) groups is 1. The molecular weight excluding hydrogens is 211 g/mol. The van der Waals surface area contributed by atoms with Gasteiger partial charge < -0.3 is 11.5 Å². The van der Waals surface area contributed by atoms with Crippen LogP contribution in [0.1, 0.15) is 6.92 Å². The number of hydrogen-bond donors (Lipinski definition) is 2. The van der Waals surface area contributed by atoms with Crippen molar-refractivity contribution in [2.24, 2.45) is 11.5 Å². The molecule has 0 saturated heterocycles. The predicted octanol–water partition coefficient (Wildman–Crippen LogP) is 1.58. The highest BCUT2D eigenvalue weighted by Crippen LogP contribution is 2.15. The molecule has 0 aromatic carbocycles. The first-order valence-electron chi connectivity index (χ1n) is 3.34. The molecule has 0 aromatic rings. The Bertz CT molecular complexity index is 301. The van der Waals surface area contributed by atoms with Gasteiger partial charge in [0.1, 0.15) is 0 Å². The average molecular weight is 221 g/mol. The SMILES string of the molecule is C=C(Cl)/C=C(C(N)=O)\C(N)=C(/C)Cl. The van der Waals surface area contributed by atoms with Crippen molar-refractivity contribution in [3.63, 3.8) is 0 Å². The number of carbonyl (C=O) groups excluding carboxylic acids is 1. The summed E-state index contributed by atoms with van der Waals surface area (Å²) in [5, 5.41) is 0.442. The molecule has 0 aliphatic heterocycles. The van der Waals surface area contributed by atoms with E-state index in [0.717, 1.165) is 0 Å². The van der Waals surface area contributed by atoms with Gasteiger partial charge in [-0.1, -0.05) is 29.8 Å². The van der Waals surface area contributed by atoms with Gasteiger partial charge in [0.25, 0.3) is 5.91 Å². The van der Waals surface area contributed by atoms with E-state index in [0.29, 0.717) is 0 Å². The molecule has 0 atom stereocenters. The lowest BCUT2D eigenvalue weighted by Crippen LogP contribution is -2.19. The molecule has 0 spiro atoms. The third-order valence-electron chi connectivity index (χ3n) is 1.23. The number of primary amides is 1. The van der Waals surface area contributed by atoms with E-state index in [1.54, 1.807) is 6.92 Å². The van der Waals surface area contributed by atoms with Gasteiger partial charge in [-0.25, -0.2) is 0 Å². The quantitative estimate of drug-likeness (QED) is 0.561. The molecule has 0 saturated carbocycles. The molecule has 5 heteroatoms. The maximum absolute atomic E-state index is 10.9. The van der Waals surface area contributed by atoms with Crippen LogP contribution in [0.15, 0.2) is 34.0 Å². The van der Waals surface area contributed by atoms with Crippen LogP contribution in [0.4, 0.5) is 0 Å². The molecule has 72 valence electrons. The summed E-state index contributed by atoms with van der Waals surface area (Å²) in [5.74, 6) is -0.695. The maximum Gasteiger partial charge on any atom is 0.250 e. The van der Waals surface area contributed by atoms with Crippen LogP contribution in [-0.4, -0.2) is 5.91 Å². The number of nitrogens with two attached hydrogens (primary N) is 2. The largest absolute Gasteiger partial charge is 0.397 e. The normalized spacial score (nSPS) is 13.6. The molecule has 0 aliphatic rings. The second-order valence-corrected chi connectivity index (χ2v) is 3.37. The van der Waals surface area contributed by atoms with E-state index >= 15 is 0 Å². The fraction of sp³-hybridized carbons (Fsp3) is 0.125. The lowest BCUT2D eigenvalue weighted by molar-refractivity contribution is -0.114. The van der Waals surface area contributed by atoms with Crippen molar-refractivity contribution in [2.75, 3.05) is 0 Å². The third kappa shape index (κ3) is 4.01. The van der Waals surface area contributed by atoms with Crippen LogP contribution in [0.25, 0.3) is 0 Å². The van der Waals surface area contributed by atoms with Crippen LogP contribution in [0.5, 0.6) is 0 Å². The molecule has 4 N–H and O–H groups in total.